The van der Waals surface area contributed by atoms with Crippen molar-refractivity contribution in [3.8, 4) is 0 Å². The van der Waals surface area contributed by atoms with E-state index in [0.29, 0.717) is 18.5 Å². The Morgan fingerprint density at radius 1 is 1.33 bits per heavy atom. The first-order valence-electron chi connectivity index (χ1n) is 6.64. The normalized spacial score (nSPS) is 11.0. The topological polar surface area (TPSA) is 72.2 Å². The fraction of sp³-hybridized carbons (Fsp3) is 0.286. The molecule has 2 heterocycles. The highest BCUT2D eigenvalue weighted by Crippen LogP contribution is 2.12. The monoisotopic (exact) mass is 301 g/mol. The van der Waals surface area contributed by atoms with Crippen molar-refractivity contribution >= 4 is 22.2 Å². The highest BCUT2D eigenvalue weighted by atomic mass is 32.1. The largest absolute Gasteiger partial charge is 0.352 e. The molecule has 1 N–H and O–H groups in total. The zero-order chi connectivity index (χ0) is 14.8. The van der Waals surface area contributed by atoms with Gasteiger partial charge in [0.1, 0.15) is 11.3 Å². The van der Waals surface area contributed by atoms with E-state index < -0.39 is 0 Å². The maximum atomic E-state index is 12.1. The number of hydrogen-bond acceptors (Lipinski definition) is 5. The van der Waals surface area contributed by atoms with Gasteiger partial charge >= 0.3 is 0 Å². The van der Waals surface area contributed by atoms with Crippen molar-refractivity contribution in [2.75, 3.05) is 6.54 Å². The van der Waals surface area contributed by atoms with Crippen molar-refractivity contribution < 1.29 is 4.79 Å². The molecule has 108 valence electrons. The molecule has 1 amide bonds. The number of hydrogen-bond donors (Lipinski definition) is 1. The molecular weight excluding hydrogens is 286 g/mol. The first kappa shape index (κ1) is 13.7. The smallest absolute Gasteiger partial charge is 0.251 e. The van der Waals surface area contributed by atoms with E-state index >= 15 is 0 Å². The van der Waals surface area contributed by atoms with Crippen LogP contribution in [-0.2, 0) is 6.42 Å². The van der Waals surface area contributed by atoms with Crippen molar-refractivity contribution in [3.05, 3.63) is 46.2 Å². The molecule has 1 aromatic carbocycles. The van der Waals surface area contributed by atoms with Gasteiger partial charge in [0, 0.05) is 18.5 Å². The average molecular weight is 301 g/mol. The van der Waals surface area contributed by atoms with Gasteiger partial charge in [-0.3, -0.25) is 4.79 Å². The Hall–Kier alpha value is -2.28. The second-order valence-electron chi connectivity index (χ2n) is 4.86. The quantitative estimate of drug-likeness (QED) is 0.797. The minimum absolute atomic E-state index is 0.0545. The van der Waals surface area contributed by atoms with Gasteiger partial charge in [0.15, 0.2) is 0 Å². The summed E-state index contributed by atoms with van der Waals surface area (Å²) in [7, 11) is 0. The number of carbonyl (C=O) groups is 1. The van der Waals surface area contributed by atoms with Crippen LogP contribution in [0.2, 0.25) is 0 Å². The van der Waals surface area contributed by atoms with E-state index in [2.05, 4.69) is 20.6 Å². The summed E-state index contributed by atoms with van der Waals surface area (Å²) in [6, 6.07) is 5.72. The lowest BCUT2D eigenvalue weighted by Crippen LogP contribution is -2.25. The second-order valence-corrected chi connectivity index (χ2v) is 5.90. The molecule has 0 saturated carbocycles. The summed E-state index contributed by atoms with van der Waals surface area (Å²) < 4.78 is 1.64. The molecule has 0 fully saturated rings. The molecule has 3 aromatic rings. The number of aryl methyl sites for hydroxylation is 2. The van der Waals surface area contributed by atoms with Crippen molar-refractivity contribution in [2.24, 2.45) is 0 Å². The third-order valence-corrected chi connectivity index (χ3v) is 4.29. The van der Waals surface area contributed by atoms with Crippen molar-refractivity contribution in [2.45, 2.75) is 20.3 Å². The second kappa shape index (κ2) is 5.61. The molecule has 0 spiro atoms. The summed E-state index contributed by atoms with van der Waals surface area (Å²) in [5, 5.41) is 15.9. The number of nitrogens with one attached hydrogen (secondary N) is 1. The Bertz CT molecular complexity index is 763. The summed E-state index contributed by atoms with van der Waals surface area (Å²) in [5.41, 5.74) is 3.00. The molecule has 2 aromatic heterocycles. The van der Waals surface area contributed by atoms with E-state index in [0.717, 1.165) is 15.5 Å². The fourth-order valence-corrected chi connectivity index (χ4v) is 2.78. The van der Waals surface area contributed by atoms with Gasteiger partial charge in [-0.15, -0.1) is 10.2 Å². The molecule has 0 aliphatic heterocycles. The molecule has 0 radical (unpaired) electrons. The van der Waals surface area contributed by atoms with Crippen LogP contribution < -0.4 is 5.32 Å². The Morgan fingerprint density at radius 2 is 2.19 bits per heavy atom. The molecular formula is C14H15N5OS. The lowest BCUT2D eigenvalue weighted by Gasteiger charge is -2.06. The van der Waals surface area contributed by atoms with Crippen LogP contribution in [0, 0.1) is 13.8 Å². The lowest BCUT2D eigenvalue weighted by atomic mass is 10.1. The first-order valence-corrected chi connectivity index (χ1v) is 7.46. The Labute approximate surface area is 125 Å². The predicted molar refractivity (Wildman–Crippen MR) is 80.6 cm³/mol. The van der Waals surface area contributed by atoms with Crippen LogP contribution in [0.1, 0.15) is 26.5 Å². The molecule has 0 saturated heterocycles. The van der Waals surface area contributed by atoms with Crippen LogP contribution >= 0.6 is 11.3 Å². The Morgan fingerprint density at radius 3 is 2.95 bits per heavy atom. The highest BCUT2D eigenvalue weighted by Gasteiger charge is 2.08. The van der Waals surface area contributed by atoms with Gasteiger partial charge in [-0.2, -0.15) is 9.61 Å². The van der Waals surface area contributed by atoms with E-state index in [9.17, 15) is 4.79 Å². The van der Waals surface area contributed by atoms with Crippen LogP contribution in [0.3, 0.4) is 0 Å². The van der Waals surface area contributed by atoms with E-state index in [1.54, 1.807) is 10.8 Å². The molecule has 0 aliphatic rings. The molecule has 0 aliphatic carbocycles. The zero-order valence-corrected chi connectivity index (χ0v) is 12.6. The van der Waals surface area contributed by atoms with Gasteiger partial charge in [0.2, 0.25) is 4.96 Å². The number of rotatable bonds is 4. The van der Waals surface area contributed by atoms with Crippen LogP contribution in [0.25, 0.3) is 4.96 Å². The summed E-state index contributed by atoms with van der Waals surface area (Å²) >= 11 is 1.48. The molecule has 0 atom stereocenters. The van der Waals surface area contributed by atoms with Crippen molar-refractivity contribution in [1.29, 1.82) is 0 Å². The van der Waals surface area contributed by atoms with Crippen molar-refractivity contribution in [3.63, 3.8) is 0 Å². The Balaban J connectivity index is 1.58. The third kappa shape index (κ3) is 2.92. The Kier molecular flexibility index (Phi) is 3.66. The molecule has 6 nitrogen and oxygen atoms in total. The lowest BCUT2D eigenvalue weighted by molar-refractivity contribution is 0.0954. The summed E-state index contributed by atoms with van der Waals surface area (Å²) in [5.74, 6) is -0.0545. The number of amides is 1. The van der Waals surface area contributed by atoms with E-state index in [1.807, 2.05) is 32.0 Å². The van der Waals surface area contributed by atoms with Gasteiger partial charge in [0.05, 0.1) is 0 Å². The van der Waals surface area contributed by atoms with Crippen LogP contribution in [0.4, 0.5) is 0 Å². The fourth-order valence-electron chi connectivity index (χ4n) is 1.97. The zero-order valence-electron chi connectivity index (χ0n) is 11.8. The molecule has 0 bridgehead atoms. The summed E-state index contributed by atoms with van der Waals surface area (Å²) in [6.45, 7) is 4.59. The maximum Gasteiger partial charge on any atom is 0.251 e. The molecule has 0 unspecified atom stereocenters. The highest BCUT2D eigenvalue weighted by molar-refractivity contribution is 7.16. The minimum Gasteiger partial charge on any atom is -0.352 e. The van der Waals surface area contributed by atoms with Gasteiger partial charge in [0.25, 0.3) is 5.91 Å². The summed E-state index contributed by atoms with van der Waals surface area (Å²) in [4.78, 5) is 12.8. The SMILES string of the molecule is Cc1ccc(C(=O)NCCc2nn3cnnc3s2)cc1C. The van der Waals surface area contributed by atoms with Crippen molar-refractivity contribution in [1.82, 2.24) is 25.1 Å². The van der Waals surface area contributed by atoms with E-state index in [1.165, 1.54) is 16.9 Å². The first-order chi connectivity index (χ1) is 10.1. The van der Waals surface area contributed by atoms with Gasteiger partial charge in [-0.1, -0.05) is 17.4 Å². The molecule has 7 heteroatoms. The molecule has 21 heavy (non-hydrogen) atoms. The number of carbonyl (C=O) groups excluding carboxylic acids is 1. The maximum absolute atomic E-state index is 12.1. The summed E-state index contributed by atoms with van der Waals surface area (Å²) in [6.07, 6.45) is 2.26. The third-order valence-electron chi connectivity index (χ3n) is 3.32. The average Bonchev–Trinajstić information content (AvgIpc) is 3.02. The minimum atomic E-state index is -0.0545. The molecule has 3 rings (SSSR count). The van der Waals surface area contributed by atoms with E-state index in [4.69, 9.17) is 0 Å². The number of nitrogens with zero attached hydrogens (tertiary/aromatic N) is 4. The standard InChI is InChI=1S/C14H15N5OS/c1-9-3-4-11(7-10(9)2)13(20)15-6-5-12-18-19-8-16-17-14(19)21-12/h3-4,7-8H,5-6H2,1-2H3,(H,15,20). The van der Waals surface area contributed by atoms with Gasteiger partial charge < -0.3 is 5.32 Å². The van der Waals surface area contributed by atoms with Gasteiger partial charge in [-0.05, 0) is 37.1 Å². The van der Waals surface area contributed by atoms with Crippen LogP contribution in [0.15, 0.2) is 24.5 Å². The number of fused-ring (bicyclic) bond motifs is 1. The predicted octanol–water partition coefficient (Wildman–Crippen LogP) is 1.78. The number of aromatic nitrogens is 4. The van der Waals surface area contributed by atoms with Gasteiger partial charge in [-0.25, -0.2) is 0 Å². The number of benzene rings is 1. The van der Waals surface area contributed by atoms with Crippen LogP contribution in [0.5, 0.6) is 0 Å². The van der Waals surface area contributed by atoms with Crippen LogP contribution in [-0.4, -0.2) is 32.3 Å². The van der Waals surface area contributed by atoms with E-state index in [-0.39, 0.29) is 5.91 Å².